The molecule has 2 fully saturated rings. The van der Waals surface area contributed by atoms with Gasteiger partial charge in [0.2, 0.25) is 0 Å². The van der Waals surface area contributed by atoms with Gasteiger partial charge in [-0.25, -0.2) is 9.97 Å². The average Bonchev–Trinajstić information content (AvgIpc) is 2.88. The molecule has 2 aliphatic rings. The molecule has 23 heavy (non-hydrogen) atoms. The minimum Gasteiger partial charge on any atom is -0.483 e. The molecule has 1 saturated heterocycles. The van der Waals surface area contributed by atoms with Crippen LogP contribution in [-0.4, -0.2) is 45.8 Å². The molecular weight excluding hydrogens is 294 g/mol. The SMILES string of the molecule is CCc1nc(C)cc(N2CCC[C@]3(CCC[C@H]3O)C2)n1.O=CO. The molecule has 0 bridgehead atoms. The predicted octanol–water partition coefficient (Wildman–Crippen LogP) is 2.18. The summed E-state index contributed by atoms with van der Waals surface area (Å²) in [6, 6.07) is 2.08. The van der Waals surface area contributed by atoms with Gasteiger partial charge in [0, 0.05) is 36.7 Å². The zero-order valence-electron chi connectivity index (χ0n) is 14.0. The van der Waals surface area contributed by atoms with Crippen molar-refractivity contribution in [3.05, 3.63) is 17.6 Å². The quantitative estimate of drug-likeness (QED) is 0.812. The Balaban J connectivity index is 0.000000595. The lowest BCUT2D eigenvalue weighted by Crippen LogP contribution is -2.47. The minimum atomic E-state index is -0.250. The topological polar surface area (TPSA) is 86.5 Å². The van der Waals surface area contributed by atoms with Gasteiger partial charge >= 0.3 is 0 Å². The average molecular weight is 321 g/mol. The maximum atomic E-state index is 10.4. The molecule has 6 nitrogen and oxygen atoms in total. The van der Waals surface area contributed by atoms with Gasteiger partial charge in [-0.05, 0) is 32.6 Å². The summed E-state index contributed by atoms with van der Waals surface area (Å²) >= 11 is 0. The van der Waals surface area contributed by atoms with Crippen molar-refractivity contribution in [3.8, 4) is 0 Å². The van der Waals surface area contributed by atoms with Crippen molar-refractivity contribution in [2.24, 2.45) is 5.41 Å². The van der Waals surface area contributed by atoms with Gasteiger partial charge in [-0.3, -0.25) is 4.79 Å². The second kappa shape index (κ2) is 7.73. The van der Waals surface area contributed by atoms with E-state index in [2.05, 4.69) is 27.9 Å². The van der Waals surface area contributed by atoms with Crippen LogP contribution in [0.1, 0.15) is 50.5 Å². The lowest BCUT2D eigenvalue weighted by Gasteiger charge is -2.43. The Morgan fingerprint density at radius 2 is 2.09 bits per heavy atom. The maximum Gasteiger partial charge on any atom is 0.290 e. The summed E-state index contributed by atoms with van der Waals surface area (Å²) < 4.78 is 0. The molecule has 0 amide bonds. The third-order valence-corrected chi connectivity index (χ3v) is 4.99. The molecule has 2 heterocycles. The molecule has 1 aromatic rings. The number of aromatic nitrogens is 2. The highest BCUT2D eigenvalue weighted by atomic mass is 16.3. The van der Waals surface area contributed by atoms with Gasteiger partial charge in [0.05, 0.1) is 6.10 Å². The number of aryl methyl sites for hydroxylation is 2. The predicted molar refractivity (Wildman–Crippen MR) is 88.6 cm³/mol. The second-order valence-corrected chi connectivity index (χ2v) is 6.54. The van der Waals surface area contributed by atoms with Crippen LogP contribution in [0.4, 0.5) is 5.82 Å². The highest BCUT2D eigenvalue weighted by Crippen LogP contribution is 2.45. The molecule has 1 spiro atoms. The highest BCUT2D eigenvalue weighted by Gasteiger charge is 2.44. The van der Waals surface area contributed by atoms with Crippen molar-refractivity contribution in [3.63, 3.8) is 0 Å². The van der Waals surface area contributed by atoms with E-state index in [1.165, 1.54) is 0 Å². The van der Waals surface area contributed by atoms with E-state index in [0.717, 1.165) is 69.0 Å². The summed E-state index contributed by atoms with van der Waals surface area (Å²) in [7, 11) is 0. The van der Waals surface area contributed by atoms with E-state index in [-0.39, 0.29) is 18.0 Å². The van der Waals surface area contributed by atoms with E-state index in [1.54, 1.807) is 0 Å². The molecule has 6 heteroatoms. The van der Waals surface area contributed by atoms with Crippen molar-refractivity contribution >= 4 is 12.3 Å². The number of aliphatic hydroxyl groups excluding tert-OH is 1. The van der Waals surface area contributed by atoms with Gasteiger partial charge in [0.1, 0.15) is 11.6 Å². The summed E-state index contributed by atoms with van der Waals surface area (Å²) in [4.78, 5) is 19.9. The lowest BCUT2D eigenvalue weighted by molar-refractivity contribution is -0.122. The van der Waals surface area contributed by atoms with Crippen LogP contribution in [0.25, 0.3) is 0 Å². The first-order chi connectivity index (χ1) is 11.0. The van der Waals surface area contributed by atoms with Gasteiger partial charge < -0.3 is 15.1 Å². The third kappa shape index (κ3) is 3.99. The fourth-order valence-corrected chi connectivity index (χ4v) is 3.88. The third-order valence-electron chi connectivity index (χ3n) is 4.99. The molecule has 3 rings (SSSR count). The van der Waals surface area contributed by atoms with E-state index in [9.17, 15) is 5.11 Å². The molecule has 128 valence electrons. The number of hydrogen-bond acceptors (Lipinski definition) is 5. The first-order valence-corrected chi connectivity index (χ1v) is 8.40. The molecule has 0 radical (unpaired) electrons. The Bertz CT molecular complexity index is 538. The van der Waals surface area contributed by atoms with Crippen molar-refractivity contribution in [2.75, 3.05) is 18.0 Å². The van der Waals surface area contributed by atoms with Crippen LogP contribution in [0, 0.1) is 12.3 Å². The minimum absolute atomic E-state index is 0.115. The number of aliphatic hydroxyl groups is 1. The summed E-state index contributed by atoms with van der Waals surface area (Å²) in [5.74, 6) is 1.97. The highest BCUT2D eigenvalue weighted by molar-refractivity contribution is 5.41. The van der Waals surface area contributed by atoms with Gasteiger partial charge in [0.25, 0.3) is 6.47 Å². The molecule has 0 unspecified atom stereocenters. The summed E-state index contributed by atoms with van der Waals surface area (Å²) in [6.45, 7) is 5.88. The van der Waals surface area contributed by atoms with Crippen LogP contribution in [0.3, 0.4) is 0 Å². The molecule has 1 aliphatic carbocycles. The summed E-state index contributed by atoms with van der Waals surface area (Å²) in [5.41, 5.74) is 1.15. The molecule has 1 saturated carbocycles. The van der Waals surface area contributed by atoms with Crippen LogP contribution >= 0.6 is 0 Å². The van der Waals surface area contributed by atoms with Crippen LogP contribution in [0.5, 0.6) is 0 Å². The van der Waals surface area contributed by atoms with Crippen molar-refractivity contribution < 1.29 is 15.0 Å². The second-order valence-electron chi connectivity index (χ2n) is 6.54. The van der Waals surface area contributed by atoms with Gasteiger partial charge in [-0.1, -0.05) is 13.3 Å². The molecule has 1 aromatic heterocycles. The molecule has 0 aromatic carbocycles. The normalized spacial score (nSPS) is 26.7. The Morgan fingerprint density at radius 1 is 1.39 bits per heavy atom. The summed E-state index contributed by atoms with van der Waals surface area (Å²) in [5, 5.41) is 17.3. The van der Waals surface area contributed by atoms with Crippen LogP contribution in [0.15, 0.2) is 6.07 Å². The number of carbonyl (C=O) groups is 1. The molecular formula is C17H27N3O3. The van der Waals surface area contributed by atoms with E-state index in [0.29, 0.717) is 0 Å². The van der Waals surface area contributed by atoms with Crippen molar-refractivity contribution in [1.29, 1.82) is 0 Å². The monoisotopic (exact) mass is 321 g/mol. The molecule has 1 aliphatic heterocycles. The van der Waals surface area contributed by atoms with E-state index < -0.39 is 0 Å². The zero-order chi connectivity index (χ0) is 16.9. The lowest BCUT2D eigenvalue weighted by atomic mass is 9.77. The van der Waals surface area contributed by atoms with E-state index in [1.807, 2.05) is 6.92 Å². The molecule has 2 N–H and O–H groups in total. The smallest absolute Gasteiger partial charge is 0.290 e. The van der Waals surface area contributed by atoms with E-state index >= 15 is 0 Å². The molecule has 2 atom stereocenters. The Kier molecular flexibility index (Phi) is 5.93. The first kappa shape index (κ1) is 17.7. The van der Waals surface area contributed by atoms with Crippen LogP contribution in [0.2, 0.25) is 0 Å². The van der Waals surface area contributed by atoms with Gasteiger partial charge in [0.15, 0.2) is 0 Å². The van der Waals surface area contributed by atoms with Crippen molar-refractivity contribution in [2.45, 2.75) is 58.5 Å². The van der Waals surface area contributed by atoms with Gasteiger partial charge in [-0.15, -0.1) is 0 Å². The number of anilines is 1. The number of nitrogens with zero attached hydrogens (tertiary/aromatic N) is 3. The Morgan fingerprint density at radius 3 is 2.70 bits per heavy atom. The van der Waals surface area contributed by atoms with Crippen molar-refractivity contribution in [1.82, 2.24) is 9.97 Å². The van der Waals surface area contributed by atoms with E-state index in [4.69, 9.17) is 9.90 Å². The Hall–Kier alpha value is -1.69. The summed E-state index contributed by atoms with van der Waals surface area (Å²) in [6.07, 6.45) is 6.36. The fraction of sp³-hybridized carbons (Fsp3) is 0.706. The Labute approximate surface area is 137 Å². The van der Waals surface area contributed by atoms with Crippen LogP contribution in [-0.2, 0) is 11.2 Å². The largest absolute Gasteiger partial charge is 0.483 e. The first-order valence-electron chi connectivity index (χ1n) is 8.40. The number of piperidine rings is 1. The standard InChI is InChI=1S/C16H25N3O.CH2O2/c1-3-14-17-12(2)10-15(18-14)19-9-5-8-16(11-19)7-4-6-13(16)20;2-1-3/h10,13,20H,3-9,11H2,1-2H3;1H,(H,2,3)/t13-,16-;/m1./s1. The number of hydrogen-bond donors (Lipinski definition) is 2. The number of carboxylic acid groups (broad SMARTS) is 1. The maximum absolute atomic E-state index is 10.4. The number of rotatable bonds is 2. The van der Waals surface area contributed by atoms with Crippen LogP contribution < -0.4 is 4.90 Å². The fourth-order valence-electron chi connectivity index (χ4n) is 3.88. The van der Waals surface area contributed by atoms with Gasteiger partial charge in [-0.2, -0.15) is 0 Å². The zero-order valence-corrected chi connectivity index (χ0v) is 14.0.